The first-order valence-electron chi connectivity index (χ1n) is 8.02. The Morgan fingerprint density at radius 2 is 1.83 bits per heavy atom. The number of amides is 2. The summed E-state index contributed by atoms with van der Waals surface area (Å²) in [6.45, 7) is 4.40. The van der Waals surface area contributed by atoms with E-state index in [9.17, 15) is 9.59 Å². The van der Waals surface area contributed by atoms with Gasteiger partial charge in [0, 0.05) is 0 Å². The van der Waals surface area contributed by atoms with E-state index < -0.39 is 6.04 Å². The van der Waals surface area contributed by atoms with Gasteiger partial charge in [-0.1, -0.05) is 29.8 Å². The fourth-order valence-corrected chi connectivity index (χ4v) is 2.76. The molecule has 5 nitrogen and oxygen atoms in total. The Balaban J connectivity index is 1.81. The molecule has 0 radical (unpaired) electrons. The van der Waals surface area contributed by atoms with Gasteiger partial charge >= 0.3 is 0 Å². The van der Waals surface area contributed by atoms with Crippen LogP contribution in [0.1, 0.15) is 18.9 Å². The Labute approximate surface area is 141 Å². The lowest BCUT2D eigenvalue weighted by molar-refractivity contribution is -0.121. The van der Waals surface area contributed by atoms with E-state index in [1.165, 1.54) is 4.90 Å². The predicted octanol–water partition coefficient (Wildman–Crippen LogP) is 3.14. The van der Waals surface area contributed by atoms with Crippen LogP contribution in [0.4, 0.5) is 11.4 Å². The van der Waals surface area contributed by atoms with E-state index in [2.05, 4.69) is 5.32 Å². The number of hydrogen-bond donors (Lipinski definition) is 1. The minimum absolute atomic E-state index is 0.132. The number of para-hydroxylation sites is 2. The highest BCUT2D eigenvalue weighted by Crippen LogP contribution is 2.29. The van der Waals surface area contributed by atoms with Crippen molar-refractivity contribution in [2.75, 3.05) is 16.8 Å². The van der Waals surface area contributed by atoms with Gasteiger partial charge in [-0.25, -0.2) is 4.90 Å². The molecule has 2 aromatic rings. The highest BCUT2D eigenvalue weighted by Gasteiger charge is 2.39. The van der Waals surface area contributed by atoms with Crippen LogP contribution in [0, 0.1) is 6.92 Å². The van der Waals surface area contributed by atoms with Crippen molar-refractivity contribution in [2.45, 2.75) is 26.3 Å². The van der Waals surface area contributed by atoms with Crippen LogP contribution in [0.3, 0.4) is 0 Å². The van der Waals surface area contributed by atoms with E-state index >= 15 is 0 Å². The monoisotopic (exact) mass is 324 g/mol. The number of carbonyl (C=O) groups excluding carboxylic acids is 2. The maximum Gasteiger partial charge on any atom is 0.256 e. The van der Waals surface area contributed by atoms with Gasteiger partial charge < -0.3 is 10.1 Å². The molecule has 124 valence electrons. The summed E-state index contributed by atoms with van der Waals surface area (Å²) in [7, 11) is 0. The number of anilines is 2. The largest absolute Gasteiger partial charge is 0.492 e. The van der Waals surface area contributed by atoms with E-state index in [0.717, 1.165) is 11.3 Å². The van der Waals surface area contributed by atoms with Gasteiger partial charge in [-0.15, -0.1) is 0 Å². The lowest BCUT2D eigenvalue weighted by atomic mass is 10.2. The number of hydrogen-bond acceptors (Lipinski definition) is 4. The van der Waals surface area contributed by atoms with Crippen molar-refractivity contribution >= 4 is 23.2 Å². The third-order valence-corrected chi connectivity index (χ3v) is 3.96. The molecule has 2 aromatic carbocycles. The summed E-state index contributed by atoms with van der Waals surface area (Å²) in [6, 6.07) is 14.2. The number of imide groups is 1. The second-order valence-electron chi connectivity index (χ2n) is 5.73. The molecule has 3 rings (SSSR count). The van der Waals surface area contributed by atoms with Crippen molar-refractivity contribution in [1.82, 2.24) is 0 Å². The zero-order valence-corrected chi connectivity index (χ0v) is 13.8. The van der Waals surface area contributed by atoms with Crippen LogP contribution in [0.2, 0.25) is 0 Å². The molecule has 1 fully saturated rings. The molecule has 0 aromatic heterocycles. The molecular formula is C19H20N2O3. The molecule has 0 aliphatic carbocycles. The van der Waals surface area contributed by atoms with Crippen molar-refractivity contribution in [2.24, 2.45) is 0 Å². The molecule has 0 spiro atoms. The highest BCUT2D eigenvalue weighted by atomic mass is 16.5. The standard InChI is InChI=1S/C19H20N2O3/c1-3-24-17-7-5-4-6-15(17)20-16-12-18(22)21(19(16)23)14-10-8-13(2)9-11-14/h4-11,16,20H,3,12H2,1-2H3/t16-/m1/s1. The number of ether oxygens (including phenoxy) is 1. The second kappa shape index (κ2) is 6.74. The van der Waals surface area contributed by atoms with Crippen LogP contribution in [-0.4, -0.2) is 24.5 Å². The van der Waals surface area contributed by atoms with Crippen LogP contribution in [-0.2, 0) is 9.59 Å². The van der Waals surface area contributed by atoms with Crippen molar-refractivity contribution in [1.29, 1.82) is 0 Å². The zero-order chi connectivity index (χ0) is 17.1. The van der Waals surface area contributed by atoms with Crippen molar-refractivity contribution in [3.05, 3.63) is 54.1 Å². The summed E-state index contributed by atoms with van der Waals surface area (Å²) in [5.41, 5.74) is 2.41. The summed E-state index contributed by atoms with van der Waals surface area (Å²) in [4.78, 5) is 26.2. The molecule has 1 atom stereocenters. The van der Waals surface area contributed by atoms with Gasteiger partial charge in [0.2, 0.25) is 5.91 Å². The Morgan fingerprint density at radius 3 is 2.54 bits per heavy atom. The number of aryl methyl sites for hydroxylation is 1. The topological polar surface area (TPSA) is 58.6 Å². The molecule has 1 N–H and O–H groups in total. The van der Waals surface area contributed by atoms with Crippen LogP contribution >= 0.6 is 0 Å². The number of carbonyl (C=O) groups is 2. The molecule has 24 heavy (non-hydrogen) atoms. The van der Waals surface area contributed by atoms with Gasteiger partial charge in [0.05, 0.1) is 24.4 Å². The maximum absolute atomic E-state index is 12.7. The van der Waals surface area contributed by atoms with Gasteiger partial charge in [0.1, 0.15) is 11.8 Å². The fraction of sp³-hybridized carbons (Fsp3) is 0.263. The van der Waals surface area contributed by atoms with Gasteiger partial charge in [-0.2, -0.15) is 0 Å². The Kier molecular flexibility index (Phi) is 4.51. The van der Waals surface area contributed by atoms with Gasteiger partial charge in [-0.05, 0) is 38.1 Å². The zero-order valence-electron chi connectivity index (χ0n) is 13.8. The molecule has 5 heteroatoms. The number of nitrogens with one attached hydrogen (secondary N) is 1. The van der Waals surface area contributed by atoms with Crippen molar-refractivity contribution < 1.29 is 14.3 Å². The summed E-state index contributed by atoms with van der Waals surface area (Å²) >= 11 is 0. The quantitative estimate of drug-likeness (QED) is 0.859. The van der Waals surface area contributed by atoms with Crippen LogP contribution < -0.4 is 15.0 Å². The molecule has 1 saturated heterocycles. The molecule has 1 aliphatic heterocycles. The van der Waals surface area contributed by atoms with Crippen LogP contribution in [0.15, 0.2) is 48.5 Å². The third kappa shape index (κ3) is 3.11. The average Bonchev–Trinajstić information content (AvgIpc) is 2.85. The lowest BCUT2D eigenvalue weighted by Crippen LogP contribution is -2.34. The highest BCUT2D eigenvalue weighted by molar-refractivity contribution is 6.23. The minimum Gasteiger partial charge on any atom is -0.492 e. The summed E-state index contributed by atoms with van der Waals surface area (Å²) in [5.74, 6) is 0.236. The Hall–Kier alpha value is -2.82. The molecule has 0 bridgehead atoms. The number of rotatable bonds is 5. The summed E-state index contributed by atoms with van der Waals surface area (Å²) < 4.78 is 5.56. The SMILES string of the molecule is CCOc1ccccc1N[C@@H]1CC(=O)N(c2ccc(C)cc2)C1=O. The Bertz CT molecular complexity index is 755. The van der Waals surface area contributed by atoms with E-state index in [1.807, 2.05) is 50.2 Å². The van der Waals surface area contributed by atoms with Crippen LogP contribution in [0.5, 0.6) is 5.75 Å². The molecule has 1 aliphatic rings. The van der Waals surface area contributed by atoms with E-state index in [4.69, 9.17) is 4.74 Å². The minimum atomic E-state index is -0.583. The first-order chi connectivity index (χ1) is 11.6. The van der Waals surface area contributed by atoms with E-state index in [0.29, 0.717) is 18.0 Å². The lowest BCUT2D eigenvalue weighted by Gasteiger charge is -2.17. The fourth-order valence-electron chi connectivity index (χ4n) is 2.76. The molecule has 0 unspecified atom stereocenters. The summed E-state index contributed by atoms with van der Waals surface area (Å²) in [5, 5.41) is 3.15. The Morgan fingerprint density at radius 1 is 1.12 bits per heavy atom. The summed E-state index contributed by atoms with van der Waals surface area (Å²) in [6.07, 6.45) is 0.132. The smallest absolute Gasteiger partial charge is 0.256 e. The molecule has 0 saturated carbocycles. The first kappa shape index (κ1) is 16.1. The molecular weight excluding hydrogens is 304 g/mol. The number of benzene rings is 2. The maximum atomic E-state index is 12.7. The van der Waals surface area contributed by atoms with Gasteiger partial charge in [0.25, 0.3) is 5.91 Å². The molecule has 1 heterocycles. The van der Waals surface area contributed by atoms with Gasteiger partial charge in [0.15, 0.2) is 0 Å². The van der Waals surface area contributed by atoms with E-state index in [-0.39, 0.29) is 18.2 Å². The van der Waals surface area contributed by atoms with Gasteiger partial charge in [-0.3, -0.25) is 9.59 Å². The predicted molar refractivity (Wildman–Crippen MR) is 93.3 cm³/mol. The van der Waals surface area contributed by atoms with Crippen molar-refractivity contribution in [3.8, 4) is 5.75 Å². The second-order valence-corrected chi connectivity index (χ2v) is 5.73. The first-order valence-corrected chi connectivity index (χ1v) is 8.02. The number of nitrogens with zero attached hydrogens (tertiary/aromatic N) is 1. The average molecular weight is 324 g/mol. The normalized spacial score (nSPS) is 17.2. The third-order valence-electron chi connectivity index (χ3n) is 3.96. The van der Waals surface area contributed by atoms with E-state index in [1.54, 1.807) is 12.1 Å². The van der Waals surface area contributed by atoms with Crippen LogP contribution in [0.25, 0.3) is 0 Å². The van der Waals surface area contributed by atoms with Crippen molar-refractivity contribution in [3.63, 3.8) is 0 Å². The molecule has 2 amide bonds.